The maximum atomic E-state index is 10.6. The van der Waals surface area contributed by atoms with Gasteiger partial charge in [0.1, 0.15) is 11.4 Å². The minimum atomic E-state index is -0.930. The van der Waals surface area contributed by atoms with Crippen molar-refractivity contribution in [2.45, 2.75) is 26.0 Å². The van der Waals surface area contributed by atoms with Gasteiger partial charge in [-0.25, -0.2) is 4.99 Å². The fourth-order valence-corrected chi connectivity index (χ4v) is 3.00. The molecule has 0 aliphatic carbocycles. The molecule has 1 heterocycles. The molecule has 0 fully saturated rings. The van der Waals surface area contributed by atoms with E-state index in [1.807, 2.05) is 48.7 Å². The van der Waals surface area contributed by atoms with Gasteiger partial charge in [0.2, 0.25) is 0 Å². The Hall–Kier alpha value is -1.32. The summed E-state index contributed by atoms with van der Waals surface area (Å²) < 4.78 is 5.23. The lowest BCUT2D eigenvalue weighted by Gasteiger charge is -2.23. The first kappa shape index (κ1) is 21.7. The van der Waals surface area contributed by atoms with Crippen molar-refractivity contribution >= 4 is 41.3 Å². The number of methoxy groups -OCH3 is 1. The first-order valence-corrected chi connectivity index (χ1v) is 8.84. The van der Waals surface area contributed by atoms with Crippen molar-refractivity contribution in [2.75, 3.05) is 20.2 Å². The minimum Gasteiger partial charge on any atom is -0.497 e. The van der Waals surface area contributed by atoms with E-state index in [0.717, 1.165) is 22.7 Å². The van der Waals surface area contributed by atoms with Crippen LogP contribution < -0.4 is 15.4 Å². The molecule has 1 atom stereocenters. The summed E-state index contributed by atoms with van der Waals surface area (Å²) in [5.74, 6) is 1.50. The van der Waals surface area contributed by atoms with Gasteiger partial charge in [-0.3, -0.25) is 0 Å². The molecule has 138 valence electrons. The lowest BCUT2D eigenvalue weighted by atomic mass is 10.1. The number of rotatable bonds is 7. The van der Waals surface area contributed by atoms with Crippen molar-refractivity contribution in [3.8, 4) is 5.75 Å². The Morgan fingerprint density at radius 1 is 1.28 bits per heavy atom. The van der Waals surface area contributed by atoms with Crippen molar-refractivity contribution in [3.05, 3.63) is 52.2 Å². The molecule has 0 spiro atoms. The molecule has 1 unspecified atom stereocenters. The van der Waals surface area contributed by atoms with Gasteiger partial charge in [0.15, 0.2) is 5.96 Å². The van der Waals surface area contributed by atoms with Gasteiger partial charge < -0.3 is 20.5 Å². The third-order valence-electron chi connectivity index (χ3n) is 3.55. The maximum Gasteiger partial charge on any atom is 0.191 e. The Labute approximate surface area is 170 Å². The second-order valence-corrected chi connectivity index (χ2v) is 6.60. The standard InChI is InChI=1S/C18H25N3O2S.HI/c1-4-19-17(20-12-14-7-5-8-15(11-14)23-3)21-13-18(2,22)16-9-6-10-24-16;/h5-11,22H,4,12-13H2,1-3H3,(H2,19,20,21);1H. The number of nitrogens with zero attached hydrogens (tertiary/aromatic N) is 1. The SMILES string of the molecule is CCNC(=NCc1cccc(OC)c1)NCC(C)(O)c1cccs1.I. The number of aliphatic hydroxyl groups is 1. The Morgan fingerprint density at radius 2 is 2.08 bits per heavy atom. The van der Waals surface area contributed by atoms with Gasteiger partial charge in [0.05, 0.1) is 20.2 Å². The molecular weight excluding hydrogens is 449 g/mol. The van der Waals surface area contributed by atoms with E-state index in [2.05, 4.69) is 15.6 Å². The molecule has 0 saturated heterocycles. The monoisotopic (exact) mass is 475 g/mol. The number of nitrogens with one attached hydrogen (secondary N) is 2. The fraction of sp³-hybridized carbons (Fsp3) is 0.389. The smallest absolute Gasteiger partial charge is 0.191 e. The number of guanidine groups is 1. The molecule has 1 aromatic carbocycles. The van der Waals surface area contributed by atoms with E-state index < -0.39 is 5.60 Å². The highest BCUT2D eigenvalue weighted by molar-refractivity contribution is 14.0. The molecule has 0 radical (unpaired) electrons. The van der Waals surface area contributed by atoms with E-state index in [1.54, 1.807) is 25.4 Å². The summed E-state index contributed by atoms with van der Waals surface area (Å²) in [6.45, 7) is 5.49. The maximum absolute atomic E-state index is 10.6. The number of thiophene rings is 1. The Bertz CT molecular complexity index is 660. The molecule has 2 aromatic rings. The van der Waals surface area contributed by atoms with Crippen molar-refractivity contribution in [2.24, 2.45) is 4.99 Å². The summed E-state index contributed by atoms with van der Waals surface area (Å²) >= 11 is 1.55. The molecule has 0 amide bonds. The van der Waals surface area contributed by atoms with E-state index in [4.69, 9.17) is 4.74 Å². The molecule has 2 rings (SSSR count). The Balaban J connectivity index is 0.00000312. The first-order valence-electron chi connectivity index (χ1n) is 7.96. The molecule has 25 heavy (non-hydrogen) atoms. The summed E-state index contributed by atoms with van der Waals surface area (Å²) in [6.07, 6.45) is 0. The highest BCUT2D eigenvalue weighted by Gasteiger charge is 2.24. The van der Waals surface area contributed by atoms with Crippen LogP contribution in [0.4, 0.5) is 0 Å². The van der Waals surface area contributed by atoms with Crippen LogP contribution >= 0.6 is 35.3 Å². The first-order chi connectivity index (χ1) is 11.5. The Kier molecular flexibility index (Phi) is 9.23. The topological polar surface area (TPSA) is 65.9 Å². The number of benzene rings is 1. The van der Waals surface area contributed by atoms with Gasteiger partial charge in [-0.05, 0) is 43.0 Å². The van der Waals surface area contributed by atoms with Crippen molar-refractivity contribution in [3.63, 3.8) is 0 Å². The summed E-state index contributed by atoms with van der Waals surface area (Å²) in [7, 11) is 1.65. The van der Waals surface area contributed by atoms with Crippen molar-refractivity contribution < 1.29 is 9.84 Å². The third kappa shape index (κ3) is 6.83. The molecule has 0 aliphatic heterocycles. The summed E-state index contributed by atoms with van der Waals surface area (Å²) in [6, 6.07) is 11.7. The molecule has 3 N–H and O–H groups in total. The summed E-state index contributed by atoms with van der Waals surface area (Å²) in [4.78, 5) is 5.50. The van der Waals surface area contributed by atoms with Crippen LogP contribution in [0.3, 0.4) is 0 Å². The lowest BCUT2D eigenvalue weighted by molar-refractivity contribution is 0.0655. The van der Waals surface area contributed by atoms with Crippen LogP contribution in [0, 0.1) is 0 Å². The molecule has 0 saturated carbocycles. The average molecular weight is 475 g/mol. The third-order valence-corrected chi connectivity index (χ3v) is 4.67. The zero-order valence-electron chi connectivity index (χ0n) is 14.8. The van der Waals surface area contributed by atoms with Gasteiger partial charge in [-0.15, -0.1) is 35.3 Å². The van der Waals surface area contributed by atoms with Crippen LogP contribution in [0.2, 0.25) is 0 Å². The zero-order valence-corrected chi connectivity index (χ0v) is 17.9. The molecule has 5 nitrogen and oxygen atoms in total. The molecule has 1 aromatic heterocycles. The number of aliphatic imine (C=N–C) groups is 1. The van der Waals surface area contributed by atoms with E-state index >= 15 is 0 Å². The van der Waals surface area contributed by atoms with Crippen LogP contribution in [0.5, 0.6) is 5.75 Å². The number of ether oxygens (including phenoxy) is 1. The number of halogens is 1. The fourth-order valence-electron chi connectivity index (χ4n) is 2.21. The lowest BCUT2D eigenvalue weighted by Crippen LogP contribution is -2.44. The van der Waals surface area contributed by atoms with Crippen LogP contribution in [-0.4, -0.2) is 31.3 Å². The van der Waals surface area contributed by atoms with E-state index in [-0.39, 0.29) is 24.0 Å². The summed E-state index contributed by atoms with van der Waals surface area (Å²) in [5, 5.41) is 19.0. The highest BCUT2D eigenvalue weighted by Crippen LogP contribution is 2.24. The normalized spacial score (nSPS) is 13.5. The zero-order chi connectivity index (χ0) is 17.4. The minimum absolute atomic E-state index is 0. The molecule has 0 aliphatic rings. The van der Waals surface area contributed by atoms with Gasteiger partial charge in [0, 0.05) is 11.4 Å². The largest absolute Gasteiger partial charge is 0.497 e. The van der Waals surface area contributed by atoms with Crippen molar-refractivity contribution in [1.82, 2.24) is 10.6 Å². The second-order valence-electron chi connectivity index (χ2n) is 5.65. The average Bonchev–Trinajstić information content (AvgIpc) is 3.13. The predicted molar refractivity (Wildman–Crippen MR) is 115 cm³/mol. The van der Waals surface area contributed by atoms with Crippen LogP contribution in [-0.2, 0) is 12.1 Å². The Morgan fingerprint density at radius 3 is 2.72 bits per heavy atom. The predicted octanol–water partition coefficient (Wildman–Crippen LogP) is 3.34. The van der Waals surface area contributed by atoms with E-state index in [9.17, 15) is 5.11 Å². The van der Waals surface area contributed by atoms with Crippen LogP contribution in [0.15, 0.2) is 46.8 Å². The van der Waals surface area contributed by atoms with Gasteiger partial charge >= 0.3 is 0 Å². The molecular formula is C18H26IN3O2S. The molecule has 0 bridgehead atoms. The van der Waals surface area contributed by atoms with Gasteiger partial charge in [-0.2, -0.15) is 0 Å². The van der Waals surface area contributed by atoms with Gasteiger partial charge in [0.25, 0.3) is 0 Å². The number of hydrogen-bond acceptors (Lipinski definition) is 4. The van der Waals surface area contributed by atoms with E-state index in [0.29, 0.717) is 19.0 Å². The second kappa shape index (κ2) is 10.6. The summed E-state index contributed by atoms with van der Waals surface area (Å²) in [5.41, 5.74) is 0.136. The molecule has 7 heteroatoms. The van der Waals surface area contributed by atoms with Crippen molar-refractivity contribution in [1.29, 1.82) is 0 Å². The highest BCUT2D eigenvalue weighted by atomic mass is 127. The quantitative estimate of drug-likeness (QED) is 0.327. The van der Waals surface area contributed by atoms with E-state index in [1.165, 1.54) is 0 Å². The van der Waals surface area contributed by atoms with Gasteiger partial charge in [-0.1, -0.05) is 18.2 Å². The van der Waals surface area contributed by atoms with Crippen LogP contribution in [0.1, 0.15) is 24.3 Å². The number of hydrogen-bond donors (Lipinski definition) is 3. The van der Waals surface area contributed by atoms with Crippen LogP contribution in [0.25, 0.3) is 0 Å².